The number of amides is 1. The quantitative estimate of drug-likeness (QED) is 0.541. The first-order valence-electron chi connectivity index (χ1n) is 9.25. The van der Waals surface area contributed by atoms with Gasteiger partial charge in [-0.05, 0) is 24.8 Å². The van der Waals surface area contributed by atoms with Gasteiger partial charge in [0.15, 0.2) is 5.16 Å². The van der Waals surface area contributed by atoms with E-state index in [0.717, 1.165) is 17.4 Å². The minimum absolute atomic E-state index is 0.0292. The van der Waals surface area contributed by atoms with Crippen LogP contribution in [0.3, 0.4) is 0 Å². The lowest BCUT2D eigenvalue weighted by atomic mass is 10.1. The molecule has 0 atom stereocenters. The summed E-state index contributed by atoms with van der Waals surface area (Å²) >= 11 is 1.45. The van der Waals surface area contributed by atoms with Gasteiger partial charge in [-0.25, -0.2) is 0 Å². The van der Waals surface area contributed by atoms with E-state index in [1.807, 2.05) is 24.3 Å². The van der Waals surface area contributed by atoms with Gasteiger partial charge in [-0.2, -0.15) is 0 Å². The fraction of sp³-hybridized carbons (Fsp3) is 0.450. The predicted molar refractivity (Wildman–Crippen MR) is 105 cm³/mol. The van der Waals surface area contributed by atoms with Crippen LogP contribution in [-0.2, 0) is 17.8 Å². The molecule has 0 unspecified atom stereocenters. The van der Waals surface area contributed by atoms with Crippen LogP contribution in [0.25, 0.3) is 0 Å². The van der Waals surface area contributed by atoms with Crippen molar-refractivity contribution in [2.24, 2.45) is 0 Å². The summed E-state index contributed by atoms with van der Waals surface area (Å²) < 4.78 is 2.12. The van der Waals surface area contributed by atoms with Gasteiger partial charge in [0.1, 0.15) is 5.82 Å². The SMILES string of the molecule is C=CCn1c(SCC(=O)NCCc2ccccc2)nnc1C1CCCC1. The first-order chi connectivity index (χ1) is 12.8. The van der Waals surface area contributed by atoms with E-state index in [4.69, 9.17) is 0 Å². The number of allylic oxidation sites excluding steroid dienone is 1. The Labute approximate surface area is 159 Å². The average Bonchev–Trinajstić information content (AvgIpc) is 3.31. The van der Waals surface area contributed by atoms with E-state index in [0.29, 0.717) is 24.8 Å². The lowest BCUT2D eigenvalue weighted by molar-refractivity contribution is -0.118. The van der Waals surface area contributed by atoms with E-state index >= 15 is 0 Å². The maximum atomic E-state index is 12.1. The molecule has 0 spiro atoms. The largest absolute Gasteiger partial charge is 0.355 e. The second-order valence-corrected chi connectivity index (χ2v) is 7.54. The minimum atomic E-state index is 0.0292. The first-order valence-corrected chi connectivity index (χ1v) is 10.2. The molecule has 1 saturated carbocycles. The Morgan fingerprint density at radius 1 is 1.27 bits per heavy atom. The van der Waals surface area contributed by atoms with Gasteiger partial charge in [-0.15, -0.1) is 16.8 Å². The van der Waals surface area contributed by atoms with E-state index in [9.17, 15) is 4.79 Å². The number of nitrogens with one attached hydrogen (secondary N) is 1. The molecule has 1 amide bonds. The van der Waals surface area contributed by atoms with Crippen molar-refractivity contribution in [3.05, 3.63) is 54.4 Å². The molecule has 1 fully saturated rings. The fourth-order valence-corrected chi connectivity index (χ4v) is 4.15. The number of carbonyl (C=O) groups is 1. The van der Waals surface area contributed by atoms with E-state index in [1.165, 1.54) is 43.0 Å². The number of carbonyl (C=O) groups excluding carboxylic acids is 1. The van der Waals surface area contributed by atoms with Gasteiger partial charge in [-0.1, -0.05) is 61.0 Å². The Hall–Kier alpha value is -2.08. The lowest BCUT2D eigenvalue weighted by Gasteiger charge is -2.12. The highest BCUT2D eigenvalue weighted by molar-refractivity contribution is 7.99. The lowest BCUT2D eigenvalue weighted by Crippen LogP contribution is -2.27. The van der Waals surface area contributed by atoms with Gasteiger partial charge in [-0.3, -0.25) is 4.79 Å². The smallest absolute Gasteiger partial charge is 0.230 e. The van der Waals surface area contributed by atoms with Gasteiger partial charge in [0.05, 0.1) is 5.75 Å². The summed E-state index contributed by atoms with van der Waals surface area (Å²) in [5.41, 5.74) is 1.23. The summed E-state index contributed by atoms with van der Waals surface area (Å²) in [6, 6.07) is 10.2. The molecule has 138 valence electrons. The van der Waals surface area contributed by atoms with Crippen LogP contribution in [-0.4, -0.2) is 33.0 Å². The van der Waals surface area contributed by atoms with Crippen molar-refractivity contribution < 1.29 is 4.79 Å². The number of benzene rings is 1. The first kappa shape index (κ1) is 18.7. The van der Waals surface area contributed by atoms with Crippen LogP contribution < -0.4 is 5.32 Å². The van der Waals surface area contributed by atoms with Gasteiger partial charge >= 0.3 is 0 Å². The van der Waals surface area contributed by atoms with Crippen molar-refractivity contribution in [1.82, 2.24) is 20.1 Å². The third-order valence-corrected chi connectivity index (χ3v) is 5.66. The van der Waals surface area contributed by atoms with Crippen LogP contribution in [0.2, 0.25) is 0 Å². The van der Waals surface area contributed by atoms with Crippen LogP contribution in [0.15, 0.2) is 48.1 Å². The molecule has 6 heteroatoms. The highest BCUT2D eigenvalue weighted by Gasteiger charge is 2.24. The van der Waals surface area contributed by atoms with Crippen LogP contribution in [0.1, 0.15) is 43.0 Å². The Morgan fingerprint density at radius 3 is 2.77 bits per heavy atom. The highest BCUT2D eigenvalue weighted by Crippen LogP contribution is 2.34. The number of hydrogen-bond acceptors (Lipinski definition) is 4. The normalized spacial score (nSPS) is 14.5. The topological polar surface area (TPSA) is 59.8 Å². The number of aromatic nitrogens is 3. The van der Waals surface area contributed by atoms with E-state index in [1.54, 1.807) is 0 Å². The van der Waals surface area contributed by atoms with Gasteiger partial charge < -0.3 is 9.88 Å². The second-order valence-electron chi connectivity index (χ2n) is 6.60. The number of rotatable bonds is 9. The summed E-state index contributed by atoms with van der Waals surface area (Å²) in [6.07, 6.45) is 7.59. The van der Waals surface area contributed by atoms with Crippen molar-refractivity contribution in [1.29, 1.82) is 0 Å². The predicted octanol–water partition coefficient (Wildman–Crippen LogP) is 3.57. The molecule has 1 N–H and O–H groups in total. The third kappa shape index (κ3) is 4.97. The highest BCUT2D eigenvalue weighted by atomic mass is 32.2. The zero-order valence-electron chi connectivity index (χ0n) is 15.1. The molecular formula is C20H26N4OS. The molecule has 0 radical (unpaired) electrons. The molecule has 1 aliphatic rings. The monoisotopic (exact) mass is 370 g/mol. The summed E-state index contributed by atoms with van der Waals surface area (Å²) in [7, 11) is 0. The Bertz CT molecular complexity index is 723. The van der Waals surface area contributed by atoms with Gasteiger partial charge in [0.25, 0.3) is 0 Å². The van der Waals surface area contributed by atoms with Crippen LogP contribution >= 0.6 is 11.8 Å². The summed E-state index contributed by atoms with van der Waals surface area (Å²) in [4.78, 5) is 12.1. The number of hydrogen-bond donors (Lipinski definition) is 1. The summed E-state index contributed by atoms with van der Waals surface area (Å²) in [6.45, 7) is 5.18. The molecule has 0 bridgehead atoms. The minimum Gasteiger partial charge on any atom is -0.355 e. The Morgan fingerprint density at radius 2 is 2.04 bits per heavy atom. The molecule has 2 aromatic rings. The van der Waals surface area contributed by atoms with Crippen molar-refractivity contribution >= 4 is 17.7 Å². The molecule has 1 aromatic heterocycles. The van der Waals surface area contributed by atoms with Gasteiger partial charge in [0, 0.05) is 19.0 Å². The fourth-order valence-electron chi connectivity index (χ4n) is 3.37. The molecule has 0 aliphatic heterocycles. The number of nitrogens with zero attached hydrogens (tertiary/aromatic N) is 3. The molecule has 1 aliphatic carbocycles. The van der Waals surface area contributed by atoms with E-state index < -0.39 is 0 Å². The molecule has 1 aromatic carbocycles. The van der Waals surface area contributed by atoms with E-state index in [-0.39, 0.29) is 5.91 Å². The zero-order chi connectivity index (χ0) is 18.2. The molecule has 5 nitrogen and oxygen atoms in total. The Kier molecular flexibility index (Phi) is 6.89. The van der Waals surface area contributed by atoms with E-state index in [2.05, 4.69) is 38.8 Å². The van der Waals surface area contributed by atoms with Gasteiger partial charge in [0.2, 0.25) is 5.91 Å². The molecule has 1 heterocycles. The summed E-state index contributed by atoms with van der Waals surface area (Å²) in [5.74, 6) is 1.93. The van der Waals surface area contributed by atoms with Crippen LogP contribution in [0.4, 0.5) is 0 Å². The average molecular weight is 371 g/mol. The van der Waals surface area contributed by atoms with Crippen LogP contribution in [0.5, 0.6) is 0 Å². The maximum absolute atomic E-state index is 12.1. The second kappa shape index (κ2) is 9.57. The molecule has 3 rings (SSSR count). The summed E-state index contributed by atoms with van der Waals surface area (Å²) in [5, 5.41) is 12.5. The zero-order valence-corrected chi connectivity index (χ0v) is 15.9. The Balaban J connectivity index is 1.50. The third-order valence-electron chi connectivity index (χ3n) is 4.69. The van der Waals surface area contributed by atoms with Crippen molar-refractivity contribution in [3.8, 4) is 0 Å². The van der Waals surface area contributed by atoms with Crippen molar-refractivity contribution in [3.63, 3.8) is 0 Å². The standard InChI is InChI=1S/C20H26N4OS/c1-2-14-24-19(17-10-6-7-11-17)22-23-20(24)26-15-18(25)21-13-12-16-8-4-3-5-9-16/h2-5,8-9,17H,1,6-7,10-15H2,(H,21,25). The van der Waals surface area contributed by atoms with Crippen LogP contribution in [0, 0.1) is 0 Å². The molecule has 26 heavy (non-hydrogen) atoms. The van der Waals surface area contributed by atoms with Crippen molar-refractivity contribution in [2.75, 3.05) is 12.3 Å². The maximum Gasteiger partial charge on any atom is 0.230 e. The van der Waals surface area contributed by atoms with Crippen molar-refractivity contribution in [2.45, 2.75) is 49.7 Å². The molecular weight excluding hydrogens is 344 g/mol. The number of thioether (sulfide) groups is 1. The molecule has 0 saturated heterocycles.